The van der Waals surface area contributed by atoms with Gasteiger partial charge in [-0.1, -0.05) is 19.0 Å². The van der Waals surface area contributed by atoms with E-state index < -0.39 is 0 Å². The summed E-state index contributed by atoms with van der Waals surface area (Å²) < 4.78 is 5.42. The first-order valence-electron chi connectivity index (χ1n) is 8.55. The fourth-order valence-electron chi connectivity index (χ4n) is 2.44. The van der Waals surface area contributed by atoms with Gasteiger partial charge in [0.05, 0.1) is 12.2 Å². The zero-order valence-electron chi connectivity index (χ0n) is 15.3. The highest BCUT2D eigenvalue weighted by Gasteiger charge is 2.12. The van der Waals surface area contributed by atoms with Crippen molar-refractivity contribution in [2.24, 2.45) is 4.99 Å². The van der Waals surface area contributed by atoms with Gasteiger partial charge in [0.2, 0.25) is 0 Å². The largest absolute Gasteiger partial charge is 0.359 e. The van der Waals surface area contributed by atoms with Crippen LogP contribution in [0, 0.1) is 6.92 Å². The summed E-state index contributed by atoms with van der Waals surface area (Å²) in [6, 6.07) is 2.02. The number of aliphatic imine (C=N–C) groups is 1. The summed E-state index contributed by atoms with van der Waals surface area (Å²) in [5.41, 5.74) is 1.03. The Hall–Kier alpha value is -1.16. The molecule has 0 unspecified atom stereocenters. The SMILES string of the molecule is CCNC(=NCc1cc(C(CC)CC)no1)NCc1ncc(C)s1.I. The van der Waals surface area contributed by atoms with Crippen molar-refractivity contribution >= 4 is 41.3 Å². The predicted octanol–water partition coefficient (Wildman–Crippen LogP) is 4.22. The van der Waals surface area contributed by atoms with E-state index in [2.05, 4.69) is 46.5 Å². The summed E-state index contributed by atoms with van der Waals surface area (Å²) in [7, 11) is 0. The Kier molecular flexibility index (Phi) is 10.0. The minimum atomic E-state index is 0. The number of aryl methyl sites for hydroxylation is 1. The molecular formula is C17H28IN5OS. The quantitative estimate of drug-likeness (QED) is 0.339. The van der Waals surface area contributed by atoms with Crippen molar-refractivity contribution in [3.8, 4) is 0 Å². The minimum Gasteiger partial charge on any atom is -0.359 e. The Labute approximate surface area is 170 Å². The van der Waals surface area contributed by atoms with Crippen molar-refractivity contribution < 1.29 is 4.52 Å². The number of aromatic nitrogens is 2. The van der Waals surface area contributed by atoms with Gasteiger partial charge in [0, 0.05) is 29.6 Å². The lowest BCUT2D eigenvalue weighted by atomic mass is 9.99. The van der Waals surface area contributed by atoms with E-state index in [0.29, 0.717) is 19.0 Å². The van der Waals surface area contributed by atoms with Crippen molar-refractivity contribution in [2.75, 3.05) is 6.54 Å². The van der Waals surface area contributed by atoms with Crippen LogP contribution in [0.3, 0.4) is 0 Å². The summed E-state index contributed by atoms with van der Waals surface area (Å²) >= 11 is 1.69. The smallest absolute Gasteiger partial charge is 0.192 e. The number of halogens is 1. The summed E-state index contributed by atoms with van der Waals surface area (Å²) in [6.45, 7) is 10.4. The Bertz CT molecular complexity index is 651. The Morgan fingerprint density at radius 2 is 2.04 bits per heavy atom. The normalized spacial score (nSPS) is 11.5. The number of nitrogens with zero attached hydrogens (tertiary/aromatic N) is 3. The molecule has 25 heavy (non-hydrogen) atoms. The summed E-state index contributed by atoms with van der Waals surface area (Å²) in [6.07, 6.45) is 4.03. The monoisotopic (exact) mass is 477 g/mol. The molecular weight excluding hydrogens is 449 g/mol. The van der Waals surface area contributed by atoms with Crippen LogP contribution in [0.4, 0.5) is 0 Å². The zero-order valence-corrected chi connectivity index (χ0v) is 18.5. The van der Waals surface area contributed by atoms with Crippen molar-refractivity contribution in [1.29, 1.82) is 0 Å². The molecule has 6 nitrogen and oxygen atoms in total. The third-order valence-corrected chi connectivity index (χ3v) is 4.71. The molecule has 0 fully saturated rings. The van der Waals surface area contributed by atoms with Crippen LogP contribution in [-0.4, -0.2) is 22.6 Å². The number of guanidine groups is 1. The number of hydrogen-bond donors (Lipinski definition) is 2. The molecule has 0 saturated heterocycles. The minimum absolute atomic E-state index is 0. The average molecular weight is 477 g/mol. The van der Waals surface area contributed by atoms with Gasteiger partial charge in [-0.25, -0.2) is 9.98 Å². The van der Waals surface area contributed by atoms with E-state index in [4.69, 9.17) is 4.52 Å². The van der Waals surface area contributed by atoms with Gasteiger partial charge in [-0.3, -0.25) is 0 Å². The topological polar surface area (TPSA) is 75.3 Å². The highest BCUT2D eigenvalue weighted by atomic mass is 127. The zero-order chi connectivity index (χ0) is 17.4. The average Bonchev–Trinajstić information content (AvgIpc) is 3.21. The van der Waals surface area contributed by atoms with Gasteiger partial charge in [-0.15, -0.1) is 35.3 Å². The third-order valence-electron chi connectivity index (χ3n) is 3.79. The number of hydrogen-bond acceptors (Lipinski definition) is 5. The van der Waals surface area contributed by atoms with Gasteiger partial charge in [0.1, 0.15) is 11.6 Å². The maximum absolute atomic E-state index is 5.42. The van der Waals surface area contributed by atoms with Gasteiger partial charge in [0.15, 0.2) is 11.7 Å². The van der Waals surface area contributed by atoms with Gasteiger partial charge >= 0.3 is 0 Å². The van der Waals surface area contributed by atoms with Crippen molar-refractivity contribution in [1.82, 2.24) is 20.8 Å². The molecule has 0 aromatic carbocycles. The van der Waals surface area contributed by atoms with E-state index in [-0.39, 0.29) is 24.0 Å². The van der Waals surface area contributed by atoms with E-state index in [1.807, 2.05) is 19.2 Å². The van der Waals surface area contributed by atoms with E-state index in [0.717, 1.165) is 41.8 Å². The summed E-state index contributed by atoms with van der Waals surface area (Å²) in [4.78, 5) is 10.1. The fraction of sp³-hybridized carbons (Fsp3) is 0.588. The van der Waals surface area contributed by atoms with Crippen LogP contribution in [-0.2, 0) is 13.1 Å². The number of thiazole rings is 1. The summed E-state index contributed by atoms with van der Waals surface area (Å²) in [5.74, 6) is 2.01. The van der Waals surface area contributed by atoms with Gasteiger partial charge < -0.3 is 15.2 Å². The lowest BCUT2D eigenvalue weighted by Crippen LogP contribution is -2.36. The highest BCUT2D eigenvalue weighted by molar-refractivity contribution is 14.0. The fourth-order valence-corrected chi connectivity index (χ4v) is 3.17. The molecule has 2 aromatic heterocycles. The Balaban J connectivity index is 0.00000312. The molecule has 0 saturated carbocycles. The third kappa shape index (κ3) is 6.93. The van der Waals surface area contributed by atoms with Crippen LogP contribution >= 0.6 is 35.3 Å². The van der Waals surface area contributed by atoms with Gasteiger partial charge in [0.25, 0.3) is 0 Å². The van der Waals surface area contributed by atoms with Crippen LogP contribution < -0.4 is 10.6 Å². The molecule has 0 atom stereocenters. The Morgan fingerprint density at radius 3 is 2.64 bits per heavy atom. The standard InChI is InChI=1S/C17H27N5OS.HI/c1-5-13(6-2)15-8-14(23-22-15)10-20-17(18-7-3)21-11-16-19-9-12(4)24-16;/h8-9,13H,5-7,10-11H2,1-4H3,(H2,18,20,21);1H. The first kappa shape index (κ1) is 21.9. The second-order valence-corrected chi connectivity index (χ2v) is 6.96. The molecule has 2 rings (SSSR count). The first-order chi connectivity index (χ1) is 11.7. The van der Waals surface area contributed by atoms with Crippen LogP contribution in [0.1, 0.15) is 60.9 Å². The second-order valence-electron chi connectivity index (χ2n) is 5.64. The van der Waals surface area contributed by atoms with E-state index >= 15 is 0 Å². The lowest BCUT2D eigenvalue weighted by Gasteiger charge is -2.09. The van der Waals surface area contributed by atoms with E-state index in [1.165, 1.54) is 4.88 Å². The molecule has 2 aromatic rings. The predicted molar refractivity (Wildman–Crippen MR) is 114 cm³/mol. The van der Waals surface area contributed by atoms with E-state index in [9.17, 15) is 0 Å². The van der Waals surface area contributed by atoms with Crippen LogP contribution in [0.15, 0.2) is 21.8 Å². The molecule has 8 heteroatoms. The van der Waals surface area contributed by atoms with Crippen molar-refractivity contribution in [2.45, 2.75) is 59.5 Å². The lowest BCUT2D eigenvalue weighted by molar-refractivity contribution is 0.372. The first-order valence-corrected chi connectivity index (χ1v) is 9.36. The molecule has 0 radical (unpaired) electrons. The van der Waals surface area contributed by atoms with Crippen molar-refractivity contribution in [3.63, 3.8) is 0 Å². The molecule has 0 aliphatic rings. The maximum atomic E-state index is 5.42. The van der Waals surface area contributed by atoms with E-state index in [1.54, 1.807) is 11.3 Å². The molecule has 0 aliphatic heterocycles. The second kappa shape index (κ2) is 11.5. The molecule has 2 heterocycles. The Morgan fingerprint density at radius 1 is 1.28 bits per heavy atom. The molecule has 0 aliphatic carbocycles. The van der Waals surface area contributed by atoms with Crippen molar-refractivity contribution in [3.05, 3.63) is 33.6 Å². The number of nitrogens with one attached hydrogen (secondary N) is 2. The highest BCUT2D eigenvalue weighted by Crippen LogP contribution is 2.22. The molecule has 2 N–H and O–H groups in total. The molecule has 0 amide bonds. The van der Waals surface area contributed by atoms with Crippen LogP contribution in [0.25, 0.3) is 0 Å². The number of rotatable bonds is 8. The summed E-state index contributed by atoms with van der Waals surface area (Å²) in [5, 5.41) is 11.8. The maximum Gasteiger partial charge on any atom is 0.192 e. The van der Waals surface area contributed by atoms with Crippen LogP contribution in [0.5, 0.6) is 0 Å². The molecule has 0 bridgehead atoms. The van der Waals surface area contributed by atoms with Crippen LogP contribution in [0.2, 0.25) is 0 Å². The van der Waals surface area contributed by atoms with Gasteiger partial charge in [-0.2, -0.15) is 0 Å². The molecule has 0 spiro atoms. The molecule has 140 valence electrons. The van der Waals surface area contributed by atoms with Gasteiger partial charge in [-0.05, 0) is 26.7 Å².